The molecule has 0 bridgehead atoms. The Morgan fingerprint density at radius 2 is 1.93 bits per heavy atom. The molecule has 0 aromatic carbocycles. The fraction of sp³-hybridized carbons (Fsp3) is 0.800. The molecule has 1 N–H and O–H groups in total. The zero-order chi connectivity index (χ0) is 11.4. The minimum atomic E-state index is -5.46. The van der Waals surface area contributed by atoms with Crippen LogP contribution in [0, 0.1) is 0 Å². The number of hydrogen-bond donors (Lipinski definition) is 1. The van der Waals surface area contributed by atoms with Crippen LogP contribution in [0.4, 0.5) is 13.2 Å². The Labute approximate surface area is 78.3 Å². The van der Waals surface area contributed by atoms with Crippen molar-refractivity contribution in [2.45, 2.75) is 12.4 Å². The molecule has 84 valence electrons. The molecule has 0 aromatic heterocycles. The molecule has 0 heterocycles. The van der Waals surface area contributed by atoms with E-state index in [1.807, 2.05) is 0 Å². The third-order valence-corrected chi connectivity index (χ3v) is 2.15. The first kappa shape index (κ1) is 13.2. The van der Waals surface area contributed by atoms with Crippen molar-refractivity contribution >= 4 is 16.0 Å². The highest BCUT2D eigenvalue weighted by atomic mass is 32.2. The Morgan fingerprint density at radius 3 is 2.29 bits per heavy atom. The van der Waals surface area contributed by atoms with Crippen LogP contribution in [0.1, 0.15) is 6.92 Å². The Kier molecular flexibility index (Phi) is 4.33. The topological polar surface area (TPSA) is 72.5 Å². The Morgan fingerprint density at radius 1 is 1.43 bits per heavy atom. The van der Waals surface area contributed by atoms with Crippen LogP contribution in [0.2, 0.25) is 0 Å². The van der Waals surface area contributed by atoms with Gasteiger partial charge in [-0.3, -0.25) is 4.79 Å². The maximum Gasteiger partial charge on any atom is 0.511 e. The summed E-state index contributed by atoms with van der Waals surface area (Å²) in [6.45, 7) is 0.373. The molecule has 0 unspecified atom stereocenters. The average Bonchev–Trinajstić information content (AvgIpc) is 1.99. The smallest absolute Gasteiger partial charge is 0.465 e. The first-order valence-electron chi connectivity index (χ1n) is 3.42. The monoisotopic (exact) mass is 235 g/mol. The Hall–Kier alpha value is -0.830. The second-order valence-electron chi connectivity index (χ2n) is 2.08. The molecule has 0 atom stereocenters. The van der Waals surface area contributed by atoms with Crippen LogP contribution in [0.25, 0.3) is 0 Å². The number of nitrogens with one attached hydrogen (secondary N) is 1. The molecule has 0 rings (SSSR count). The predicted molar refractivity (Wildman–Crippen MR) is 39.6 cm³/mol. The number of carbonyl (C=O) groups is 1. The molecular formula is C5H8F3NO4S. The van der Waals surface area contributed by atoms with Gasteiger partial charge in [-0.05, 0) is 6.92 Å². The van der Waals surface area contributed by atoms with Gasteiger partial charge in [0.1, 0.15) is 6.54 Å². The standard InChI is InChI=1S/C5H8F3NO4S/c1-2-13-4(10)3-9-14(11,12)5(6,7)8/h9H,2-3H2,1H3. The molecule has 5 nitrogen and oxygen atoms in total. The van der Waals surface area contributed by atoms with Gasteiger partial charge in [-0.25, -0.2) is 8.42 Å². The number of alkyl halides is 3. The van der Waals surface area contributed by atoms with E-state index in [0.717, 1.165) is 4.72 Å². The number of halogens is 3. The van der Waals surface area contributed by atoms with Crippen molar-refractivity contribution in [3.8, 4) is 0 Å². The lowest BCUT2D eigenvalue weighted by molar-refractivity contribution is -0.141. The third kappa shape index (κ3) is 3.92. The predicted octanol–water partition coefficient (Wildman–Crippen LogP) is -0.0113. The molecule has 0 aliphatic heterocycles. The van der Waals surface area contributed by atoms with E-state index in [1.165, 1.54) is 6.92 Å². The van der Waals surface area contributed by atoms with Crippen LogP contribution in [0.15, 0.2) is 0 Å². The van der Waals surface area contributed by atoms with Gasteiger partial charge in [0.05, 0.1) is 6.61 Å². The van der Waals surface area contributed by atoms with Crippen LogP contribution >= 0.6 is 0 Å². The second kappa shape index (κ2) is 4.60. The summed E-state index contributed by atoms with van der Waals surface area (Å²) in [7, 11) is -5.46. The summed E-state index contributed by atoms with van der Waals surface area (Å²) >= 11 is 0. The molecule has 0 aromatic rings. The zero-order valence-corrected chi connectivity index (χ0v) is 7.91. The average molecular weight is 235 g/mol. The summed E-state index contributed by atoms with van der Waals surface area (Å²) in [5.74, 6) is -1.07. The van der Waals surface area contributed by atoms with Crippen molar-refractivity contribution in [2.75, 3.05) is 13.2 Å². The highest BCUT2D eigenvalue weighted by Gasteiger charge is 2.45. The second-order valence-corrected chi connectivity index (χ2v) is 3.83. The summed E-state index contributed by atoms with van der Waals surface area (Å²) < 4.78 is 60.9. The lowest BCUT2D eigenvalue weighted by atomic mass is 10.7. The van der Waals surface area contributed by atoms with Gasteiger partial charge in [0.25, 0.3) is 0 Å². The van der Waals surface area contributed by atoms with Crippen molar-refractivity contribution < 1.29 is 31.1 Å². The maximum atomic E-state index is 11.7. The lowest BCUT2D eigenvalue weighted by Crippen LogP contribution is -2.39. The van der Waals surface area contributed by atoms with Crippen LogP contribution in [-0.4, -0.2) is 33.0 Å². The molecular weight excluding hydrogens is 227 g/mol. The van der Waals surface area contributed by atoms with Gasteiger partial charge in [0.15, 0.2) is 0 Å². The SMILES string of the molecule is CCOC(=O)CNS(=O)(=O)C(F)(F)F. The van der Waals surface area contributed by atoms with Gasteiger partial charge >= 0.3 is 21.5 Å². The van der Waals surface area contributed by atoms with E-state index in [2.05, 4.69) is 4.74 Å². The molecule has 0 aliphatic carbocycles. The van der Waals surface area contributed by atoms with Gasteiger partial charge < -0.3 is 4.74 Å². The molecule has 0 saturated carbocycles. The normalized spacial score (nSPS) is 12.6. The maximum absolute atomic E-state index is 11.7. The number of rotatable bonds is 4. The van der Waals surface area contributed by atoms with Crippen molar-refractivity contribution in [2.24, 2.45) is 0 Å². The van der Waals surface area contributed by atoms with Crippen molar-refractivity contribution in [1.29, 1.82) is 0 Å². The van der Waals surface area contributed by atoms with E-state index >= 15 is 0 Å². The number of hydrogen-bond acceptors (Lipinski definition) is 4. The minimum absolute atomic E-state index is 0.0351. The summed E-state index contributed by atoms with van der Waals surface area (Å²) in [5, 5.41) is 0. The molecule has 0 spiro atoms. The largest absolute Gasteiger partial charge is 0.511 e. The fourth-order valence-corrected chi connectivity index (χ4v) is 0.919. The summed E-state index contributed by atoms with van der Waals surface area (Å²) in [6.07, 6.45) is 0. The quantitative estimate of drug-likeness (QED) is 0.695. The van der Waals surface area contributed by atoms with Gasteiger partial charge in [0, 0.05) is 0 Å². The summed E-state index contributed by atoms with van der Waals surface area (Å²) in [5.41, 5.74) is -5.42. The molecule has 0 aliphatic rings. The van der Waals surface area contributed by atoms with E-state index in [1.54, 1.807) is 0 Å². The lowest BCUT2D eigenvalue weighted by Gasteiger charge is -2.08. The molecule has 0 radical (unpaired) electrons. The molecule has 0 fully saturated rings. The zero-order valence-electron chi connectivity index (χ0n) is 7.09. The van der Waals surface area contributed by atoms with Crippen molar-refractivity contribution in [3.05, 3.63) is 0 Å². The van der Waals surface area contributed by atoms with Gasteiger partial charge in [0.2, 0.25) is 0 Å². The van der Waals surface area contributed by atoms with Crippen LogP contribution in [-0.2, 0) is 19.6 Å². The Balaban J connectivity index is 4.22. The van der Waals surface area contributed by atoms with E-state index in [4.69, 9.17) is 0 Å². The van der Waals surface area contributed by atoms with E-state index < -0.39 is 28.0 Å². The minimum Gasteiger partial charge on any atom is -0.465 e. The third-order valence-electron chi connectivity index (χ3n) is 1.02. The van der Waals surface area contributed by atoms with E-state index in [0.29, 0.717) is 0 Å². The van der Waals surface area contributed by atoms with Crippen LogP contribution < -0.4 is 4.72 Å². The molecule has 9 heteroatoms. The summed E-state index contributed by atoms with van der Waals surface area (Å²) in [4.78, 5) is 10.5. The number of esters is 1. The molecule has 0 amide bonds. The van der Waals surface area contributed by atoms with Crippen LogP contribution in [0.5, 0.6) is 0 Å². The fourth-order valence-electron chi connectivity index (χ4n) is 0.448. The highest BCUT2D eigenvalue weighted by Crippen LogP contribution is 2.21. The first-order valence-corrected chi connectivity index (χ1v) is 4.90. The van der Waals surface area contributed by atoms with Gasteiger partial charge in [-0.15, -0.1) is 0 Å². The molecule has 14 heavy (non-hydrogen) atoms. The van der Waals surface area contributed by atoms with E-state index in [9.17, 15) is 26.4 Å². The molecule has 0 saturated heterocycles. The van der Waals surface area contributed by atoms with Crippen molar-refractivity contribution in [3.63, 3.8) is 0 Å². The van der Waals surface area contributed by atoms with Gasteiger partial charge in [-0.2, -0.15) is 17.9 Å². The number of sulfonamides is 1. The number of carbonyl (C=O) groups excluding carboxylic acids is 1. The highest BCUT2D eigenvalue weighted by molar-refractivity contribution is 7.90. The summed E-state index contributed by atoms with van der Waals surface area (Å²) in [6, 6.07) is 0. The number of ether oxygens (including phenoxy) is 1. The van der Waals surface area contributed by atoms with Crippen molar-refractivity contribution in [1.82, 2.24) is 4.72 Å². The van der Waals surface area contributed by atoms with Crippen LogP contribution in [0.3, 0.4) is 0 Å². The first-order chi connectivity index (χ1) is 6.20. The van der Waals surface area contributed by atoms with E-state index in [-0.39, 0.29) is 6.61 Å². The van der Waals surface area contributed by atoms with Gasteiger partial charge in [-0.1, -0.05) is 0 Å². The Bertz CT molecular complexity index is 297.